The lowest BCUT2D eigenvalue weighted by Gasteiger charge is -2.29. The van der Waals surface area contributed by atoms with Crippen molar-refractivity contribution in [3.05, 3.63) is 65.7 Å². The Kier molecular flexibility index (Phi) is 5.77. The predicted octanol–water partition coefficient (Wildman–Crippen LogP) is 4.64. The summed E-state index contributed by atoms with van der Waals surface area (Å²) < 4.78 is 13.1. The van der Waals surface area contributed by atoms with Crippen LogP contribution >= 0.6 is 0 Å². The number of aliphatic hydroxyl groups is 1. The van der Waals surface area contributed by atoms with Crippen LogP contribution in [0.4, 0.5) is 0 Å². The molecular formula is C20H26O2S. The molecule has 2 aromatic rings. The van der Waals surface area contributed by atoms with Gasteiger partial charge in [-0.1, -0.05) is 68.8 Å². The van der Waals surface area contributed by atoms with Crippen LogP contribution < -0.4 is 0 Å². The Balaban J connectivity index is 2.33. The smallest absolute Gasteiger partial charge is 0.0937 e. The Labute approximate surface area is 142 Å². The predicted molar refractivity (Wildman–Crippen MR) is 96.8 cm³/mol. The highest BCUT2D eigenvalue weighted by atomic mass is 32.2. The number of aryl methyl sites for hydroxylation is 1. The average Bonchev–Trinajstić information content (AvgIpc) is 2.52. The van der Waals surface area contributed by atoms with Crippen LogP contribution in [0.3, 0.4) is 0 Å². The Bertz CT molecular complexity index is 642. The van der Waals surface area contributed by atoms with Gasteiger partial charge in [0.05, 0.1) is 22.2 Å². The van der Waals surface area contributed by atoms with Crippen LogP contribution in [0.5, 0.6) is 0 Å². The molecule has 2 aromatic carbocycles. The lowest BCUT2D eigenvalue weighted by atomic mass is 9.87. The molecule has 3 atom stereocenters. The zero-order valence-electron chi connectivity index (χ0n) is 14.3. The first-order valence-electron chi connectivity index (χ1n) is 7.98. The van der Waals surface area contributed by atoms with Crippen molar-refractivity contribution in [3.8, 4) is 0 Å². The first kappa shape index (κ1) is 17.9. The highest BCUT2D eigenvalue weighted by Crippen LogP contribution is 2.33. The molecule has 0 saturated carbocycles. The minimum Gasteiger partial charge on any atom is -0.387 e. The van der Waals surface area contributed by atoms with E-state index >= 15 is 0 Å². The van der Waals surface area contributed by atoms with Crippen LogP contribution in [-0.4, -0.2) is 14.6 Å². The zero-order valence-corrected chi connectivity index (χ0v) is 15.1. The normalized spacial score (nSPS) is 15.9. The highest BCUT2D eigenvalue weighted by molar-refractivity contribution is 7.85. The van der Waals surface area contributed by atoms with E-state index in [-0.39, 0.29) is 10.7 Å². The molecule has 2 rings (SSSR count). The summed E-state index contributed by atoms with van der Waals surface area (Å²) in [5, 5.41) is 10.5. The van der Waals surface area contributed by atoms with E-state index in [0.29, 0.717) is 6.42 Å². The third kappa shape index (κ3) is 5.02. The van der Waals surface area contributed by atoms with Crippen molar-refractivity contribution in [2.75, 3.05) is 0 Å². The van der Waals surface area contributed by atoms with Gasteiger partial charge in [0, 0.05) is 4.90 Å². The summed E-state index contributed by atoms with van der Waals surface area (Å²) in [4.78, 5) is 0.778. The third-order valence-electron chi connectivity index (χ3n) is 3.84. The molecule has 23 heavy (non-hydrogen) atoms. The van der Waals surface area contributed by atoms with Gasteiger partial charge < -0.3 is 5.11 Å². The van der Waals surface area contributed by atoms with Crippen molar-refractivity contribution >= 4 is 10.8 Å². The monoisotopic (exact) mass is 330 g/mol. The lowest BCUT2D eigenvalue weighted by Crippen LogP contribution is -2.29. The summed E-state index contributed by atoms with van der Waals surface area (Å²) in [5.74, 6) is 0. The second kappa shape index (κ2) is 7.41. The molecule has 1 unspecified atom stereocenters. The SMILES string of the molecule is Cc1ccc(S(=O)[C@H](CC(C)(C)C)[C@@H](O)c2ccccc2)cc1. The maximum absolute atomic E-state index is 13.1. The molecule has 0 heterocycles. The molecule has 0 aliphatic carbocycles. The van der Waals surface area contributed by atoms with Crippen molar-refractivity contribution in [1.29, 1.82) is 0 Å². The summed E-state index contributed by atoms with van der Waals surface area (Å²) in [7, 11) is -1.26. The van der Waals surface area contributed by atoms with Crippen molar-refractivity contribution in [2.45, 2.75) is 50.4 Å². The van der Waals surface area contributed by atoms with Gasteiger partial charge in [0.25, 0.3) is 0 Å². The molecule has 3 heteroatoms. The average molecular weight is 330 g/mol. The molecule has 0 amide bonds. The molecule has 0 aliphatic heterocycles. The van der Waals surface area contributed by atoms with Gasteiger partial charge in [-0.05, 0) is 36.5 Å². The first-order chi connectivity index (χ1) is 10.8. The zero-order chi connectivity index (χ0) is 17.0. The Morgan fingerprint density at radius 3 is 2.09 bits per heavy atom. The molecular weight excluding hydrogens is 304 g/mol. The number of hydrogen-bond acceptors (Lipinski definition) is 2. The Morgan fingerprint density at radius 1 is 1.00 bits per heavy atom. The quantitative estimate of drug-likeness (QED) is 0.867. The Hall–Kier alpha value is -1.45. The summed E-state index contributed by atoms with van der Waals surface area (Å²) in [6, 6.07) is 17.3. The number of benzene rings is 2. The van der Waals surface area contributed by atoms with Crippen LogP contribution in [0.25, 0.3) is 0 Å². The fourth-order valence-corrected chi connectivity index (χ4v) is 4.42. The second-order valence-corrected chi connectivity index (χ2v) is 8.94. The topological polar surface area (TPSA) is 37.3 Å². The highest BCUT2D eigenvalue weighted by Gasteiger charge is 2.31. The number of rotatable bonds is 5. The van der Waals surface area contributed by atoms with Crippen LogP contribution in [0.15, 0.2) is 59.5 Å². The minimum atomic E-state index is -1.26. The molecule has 2 nitrogen and oxygen atoms in total. The van der Waals surface area contributed by atoms with Gasteiger partial charge in [0.1, 0.15) is 0 Å². The third-order valence-corrected chi connectivity index (χ3v) is 5.55. The fraction of sp³-hybridized carbons (Fsp3) is 0.400. The van der Waals surface area contributed by atoms with Gasteiger partial charge in [0.15, 0.2) is 0 Å². The van der Waals surface area contributed by atoms with E-state index in [1.54, 1.807) is 0 Å². The Morgan fingerprint density at radius 2 is 1.57 bits per heavy atom. The van der Waals surface area contributed by atoms with Crippen LogP contribution in [0.2, 0.25) is 0 Å². The van der Waals surface area contributed by atoms with Gasteiger partial charge >= 0.3 is 0 Å². The molecule has 0 radical (unpaired) electrons. The lowest BCUT2D eigenvalue weighted by molar-refractivity contribution is 0.153. The summed E-state index contributed by atoms with van der Waals surface area (Å²) >= 11 is 0. The van der Waals surface area contributed by atoms with Crippen molar-refractivity contribution in [3.63, 3.8) is 0 Å². The van der Waals surface area contributed by atoms with E-state index in [4.69, 9.17) is 0 Å². The van der Waals surface area contributed by atoms with E-state index in [1.165, 1.54) is 0 Å². The molecule has 1 N–H and O–H groups in total. The fourth-order valence-electron chi connectivity index (χ4n) is 2.62. The van der Waals surface area contributed by atoms with Gasteiger partial charge in [0.2, 0.25) is 0 Å². The summed E-state index contributed by atoms with van der Waals surface area (Å²) in [5.41, 5.74) is 1.95. The van der Waals surface area contributed by atoms with E-state index in [9.17, 15) is 9.32 Å². The van der Waals surface area contributed by atoms with E-state index in [1.807, 2.05) is 61.5 Å². The molecule has 124 valence electrons. The van der Waals surface area contributed by atoms with Crippen molar-refractivity contribution in [1.82, 2.24) is 0 Å². The maximum atomic E-state index is 13.1. The second-order valence-electron chi connectivity index (χ2n) is 7.27. The summed E-state index contributed by atoms with van der Waals surface area (Å²) in [6.07, 6.45) is -0.0543. The maximum Gasteiger partial charge on any atom is 0.0937 e. The van der Waals surface area contributed by atoms with Crippen LogP contribution in [-0.2, 0) is 10.8 Å². The molecule has 0 saturated heterocycles. The summed E-state index contributed by atoms with van der Waals surface area (Å²) in [6.45, 7) is 8.36. The van der Waals surface area contributed by atoms with Crippen molar-refractivity contribution in [2.24, 2.45) is 5.41 Å². The largest absolute Gasteiger partial charge is 0.387 e. The molecule has 0 bridgehead atoms. The minimum absolute atomic E-state index is 0.0131. The van der Waals surface area contributed by atoms with E-state index in [0.717, 1.165) is 16.0 Å². The molecule has 0 spiro atoms. The van der Waals surface area contributed by atoms with Crippen LogP contribution in [0, 0.1) is 12.3 Å². The molecule has 0 aromatic heterocycles. The number of hydrogen-bond donors (Lipinski definition) is 1. The first-order valence-corrected chi connectivity index (χ1v) is 9.19. The molecule has 0 fully saturated rings. The van der Waals surface area contributed by atoms with Crippen LogP contribution in [0.1, 0.15) is 44.4 Å². The van der Waals surface area contributed by atoms with E-state index in [2.05, 4.69) is 20.8 Å². The van der Waals surface area contributed by atoms with Gasteiger partial charge in [-0.25, -0.2) is 0 Å². The standard InChI is InChI=1S/C20H26O2S/c1-15-10-12-17(13-11-15)23(22)18(14-20(2,3)4)19(21)16-8-6-5-7-9-16/h5-13,18-19,21H,14H2,1-4H3/t18-,19+,23?/m1/s1. The number of aliphatic hydroxyl groups excluding tert-OH is 1. The van der Waals surface area contributed by atoms with Crippen molar-refractivity contribution < 1.29 is 9.32 Å². The van der Waals surface area contributed by atoms with Gasteiger partial charge in [-0.3, -0.25) is 4.21 Å². The van der Waals surface area contributed by atoms with E-state index < -0.39 is 16.9 Å². The molecule has 0 aliphatic rings. The van der Waals surface area contributed by atoms with Gasteiger partial charge in [-0.2, -0.15) is 0 Å². The van der Waals surface area contributed by atoms with Gasteiger partial charge in [-0.15, -0.1) is 0 Å².